The molecule has 1 saturated carbocycles. The number of carbonyl (C=O) groups is 2. The molecular formula is C19H27ClN2O2. The van der Waals surface area contributed by atoms with Gasteiger partial charge in [0, 0.05) is 24.7 Å². The van der Waals surface area contributed by atoms with Gasteiger partial charge in [-0.2, -0.15) is 0 Å². The van der Waals surface area contributed by atoms with E-state index in [1.807, 2.05) is 29.2 Å². The van der Waals surface area contributed by atoms with E-state index in [0.29, 0.717) is 24.4 Å². The van der Waals surface area contributed by atoms with Crippen LogP contribution in [0.3, 0.4) is 0 Å². The van der Waals surface area contributed by atoms with Gasteiger partial charge in [0.25, 0.3) is 0 Å². The van der Waals surface area contributed by atoms with Gasteiger partial charge < -0.3 is 10.2 Å². The summed E-state index contributed by atoms with van der Waals surface area (Å²) in [6.07, 6.45) is 3.91. The maximum absolute atomic E-state index is 12.8. The molecule has 0 bridgehead atoms. The maximum atomic E-state index is 12.8. The lowest BCUT2D eigenvalue weighted by Gasteiger charge is -2.26. The maximum Gasteiger partial charge on any atom is 0.238 e. The Kier molecular flexibility index (Phi) is 6.67. The molecule has 0 aromatic heterocycles. The van der Waals surface area contributed by atoms with E-state index in [0.717, 1.165) is 37.9 Å². The number of amides is 2. The monoisotopic (exact) mass is 350 g/mol. The van der Waals surface area contributed by atoms with E-state index in [2.05, 4.69) is 19.2 Å². The Bertz CT molecular complexity index is 561. The Morgan fingerprint density at radius 1 is 1.12 bits per heavy atom. The summed E-state index contributed by atoms with van der Waals surface area (Å²) in [5, 5.41) is 3.65. The molecule has 2 rings (SSSR count). The summed E-state index contributed by atoms with van der Waals surface area (Å²) in [5.41, 5.74) is 0.319. The number of carbonyl (C=O) groups excluding carboxylic acids is 2. The molecule has 1 aliphatic carbocycles. The third-order valence-electron chi connectivity index (χ3n) is 4.48. The molecule has 5 heteroatoms. The Hall–Kier alpha value is -1.55. The summed E-state index contributed by atoms with van der Waals surface area (Å²) in [7, 11) is 0. The highest BCUT2D eigenvalue weighted by Gasteiger charge is 2.57. The molecule has 1 N–H and O–H groups in total. The van der Waals surface area contributed by atoms with E-state index in [9.17, 15) is 9.59 Å². The van der Waals surface area contributed by atoms with Crippen molar-refractivity contribution in [2.24, 2.45) is 5.41 Å². The summed E-state index contributed by atoms with van der Waals surface area (Å²) in [6, 6.07) is 7.60. The Balaban J connectivity index is 1.88. The van der Waals surface area contributed by atoms with Crippen molar-refractivity contribution in [2.45, 2.75) is 46.0 Å². The molecule has 0 spiro atoms. The number of halogens is 1. The lowest BCUT2D eigenvalue weighted by Crippen LogP contribution is -2.46. The Morgan fingerprint density at radius 3 is 2.21 bits per heavy atom. The highest BCUT2D eigenvalue weighted by molar-refractivity contribution is 6.30. The van der Waals surface area contributed by atoms with Crippen LogP contribution in [0.1, 0.15) is 45.1 Å². The van der Waals surface area contributed by atoms with E-state index < -0.39 is 5.41 Å². The quantitative estimate of drug-likeness (QED) is 0.694. The number of rotatable bonds is 9. The van der Waals surface area contributed by atoms with Crippen LogP contribution in [0, 0.1) is 5.41 Å². The zero-order valence-electron chi connectivity index (χ0n) is 14.6. The molecule has 1 aliphatic rings. The second-order valence-corrected chi connectivity index (χ2v) is 6.94. The summed E-state index contributed by atoms with van der Waals surface area (Å²) in [5.74, 6) is -0.103. The van der Waals surface area contributed by atoms with Crippen molar-refractivity contribution in [2.75, 3.05) is 19.6 Å². The second kappa shape index (κ2) is 8.52. The van der Waals surface area contributed by atoms with Crippen LogP contribution in [0.2, 0.25) is 5.02 Å². The lowest BCUT2D eigenvalue weighted by atomic mass is 10.0. The van der Waals surface area contributed by atoms with Gasteiger partial charge in [-0.15, -0.1) is 0 Å². The smallest absolute Gasteiger partial charge is 0.238 e. The average Bonchev–Trinajstić information content (AvgIpc) is 3.37. The standard InChI is InChI=1S/C19H27ClN2O2/c1-3-13-22(14-4-2)18(24)19(10-11-19)17(23)21-12-9-15-5-7-16(20)8-6-15/h5-8H,3-4,9-14H2,1-2H3,(H,21,23). The number of hydrogen-bond donors (Lipinski definition) is 1. The van der Waals surface area contributed by atoms with Crippen molar-refractivity contribution in [1.82, 2.24) is 10.2 Å². The minimum atomic E-state index is -0.801. The van der Waals surface area contributed by atoms with Gasteiger partial charge >= 0.3 is 0 Å². The van der Waals surface area contributed by atoms with E-state index in [1.165, 1.54) is 0 Å². The predicted octanol–water partition coefficient (Wildman–Crippen LogP) is 3.43. The Morgan fingerprint density at radius 2 is 1.71 bits per heavy atom. The fourth-order valence-corrected chi connectivity index (χ4v) is 3.09. The number of benzene rings is 1. The van der Waals surface area contributed by atoms with Gasteiger partial charge in [-0.05, 0) is 49.8 Å². The van der Waals surface area contributed by atoms with Crippen molar-refractivity contribution >= 4 is 23.4 Å². The first-order valence-corrected chi connectivity index (χ1v) is 9.23. The molecule has 2 amide bonds. The molecule has 1 fully saturated rings. The van der Waals surface area contributed by atoms with Gasteiger partial charge in [-0.3, -0.25) is 9.59 Å². The van der Waals surface area contributed by atoms with E-state index in [1.54, 1.807) is 0 Å². The molecule has 0 radical (unpaired) electrons. The molecule has 24 heavy (non-hydrogen) atoms. The third kappa shape index (κ3) is 4.50. The molecule has 0 unspecified atom stereocenters. The molecular weight excluding hydrogens is 324 g/mol. The van der Waals surface area contributed by atoms with Crippen molar-refractivity contribution in [3.63, 3.8) is 0 Å². The molecule has 0 aliphatic heterocycles. The lowest BCUT2D eigenvalue weighted by molar-refractivity contribution is -0.144. The number of hydrogen-bond acceptors (Lipinski definition) is 2. The van der Waals surface area contributed by atoms with Crippen LogP contribution in [0.15, 0.2) is 24.3 Å². The first-order valence-electron chi connectivity index (χ1n) is 8.85. The van der Waals surface area contributed by atoms with Crippen LogP contribution in [-0.2, 0) is 16.0 Å². The molecule has 0 heterocycles. The van der Waals surface area contributed by atoms with Crippen LogP contribution in [-0.4, -0.2) is 36.3 Å². The largest absolute Gasteiger partial charge is 0.355 e. The van der Waals surface area contributed by atoms with Crippen molar-refractivity contribution < 1.29 is 9.59 Å². The van der Waals surface area contributed by atoms with Gasteiger partial charge in [0.15, 0.2) is 0 Å². The summed E-state index contributed by atoms with van der Waals surface area (Å²) < 4.78 is 0. The van der Waals surface area contributed by atoms with Crippen molar-refractivity contribution in [3.8, 4) is 0 Å². The Labute approximate surface area is 149 Å². The summed E-state index contributed by atoms with van der Waals surface area (Å²) in [6.45, 7) is 6.11. The number of nitrogens with zero attached hydrogens (tertiary/aromatic N) is 1. The van der Waals surface area contributed by atoms with Crippen LogP contribution < -0.4 is 5.32 Å². The fraction of sp³-hybridized carbons (Fsp3) is 0.579. The van der Waals surface area contributed by atoms with Gasteiger partial charge in [0.1, 0.15) is 5.41 Å². The van der Waals surface area contributed by atoms with Crippen molar-refractivity contribution in [3.05, 3.63) is 34.9 Å². The fourth-order valence-electron chi connectivity index (χ4n) is 2.96. The van der Waals surface area contributed by atoms with Crippen molar-refractivity contribution in [1.29, 1.82) is 0 Å². The molecule has 1 aromatic rings. The zero-order valence-corrected chi connectivity index (χ0v) is 15.4. The van der Waals surface area contributed by atoms with Gasteiger partial charge in [-0.1, -0.05) is 37.6 Å². The molecule has 132 valence electrons. The van der Waals surface area contributed by atoms with Crippen LogP contribution in [0.4, 0.5) is 0 Å². The normalized spacial score (nSPS) is 15.0. The molecule has 0 saturated heterocycles. The SMILES string of the molecule is CCCN(CCC)C(=O)C1(C(=O)NCCc2ccc(Cl)cc2)CC1. The highest BCUT2D eigenvalue weighted by Crippen LogP contribution is 2.47. The van der Waals surface area contributed by atoms with Crippen LogP contribution in [0.5, 0.6) is 0 Å². The van der Waals surface area contributed by atoms with Gasteiger partial charge in [-0.25, -0.2) is 0 Å². The minimum Gasteiger partial charge on any atom is -0.355 e. The first-order chi connectivity index (χ1) is 11.5. The number of nitrogens with one attached hydrogen (secondary N) is 1. The zero-order chi connectivity index (χ0) is 17.6. The van der Waals surface area contributed by atoms with E-state index in [4.69, 9.17) is 11.6 Å². The predicted molar refractivity (Wildman–Crippen MR) is 97.0 cm³/mol. The average molecular weight is 351 g/mol. The van der Waals surface area contributed by atoms with Crippen LogP contribution in [0.25, 0.3) is 0 Å². The highest BCUT2D eigenvalue weighted by atomic mass is 35.5. The summed E-state index contributed by atoms with van der Waals surface area (Å²) in [4.78, 5) is 27.2. The molecule has 4 nitrogen and oxygen atoms in total. The topological polar surface area (TPSA) is 49.4 Å². The van der Waals surface area contributed by atoms with E-state index >= 15 is 0 Å². The first kappa shape index (κ1) is 18.8. The van der Waals surface area contributed by atoms with Gasteiger partial charge in [0.2, 0.25) is 11.8 Å². The molecule has 0 atom stereocenters. The second-order valence-electron chi connectivity index (χ2n) is 6.51. The van der Waals surface area contributed by atoms with E-state index in [-0.39, 0.29) is 11.8 Å². The molecule has 1 aromatic carbocycles. The minimum absolute atomic E-state index is 0.00944. The third-order valence-corrected chi connectivity index (χ3v) is 4.73. The summed E-state index contributed by atoms with van der Waals surface area (Å²) >= 11 is 5.87. The van der Waals surface area contributed by atoms with Crippen LogP contribution >= 0.6 is 11.6 Å². The van der Waals surface area contributed by atoms with Gasteiger partial charge in [0.05, 0.1) is 0 Å².